The molecule has 38 heavy (non-hydrogen) atoms. The van der Waals surface area contributed by atoms with E-state index >= 15 is 0 Å². The zero-order valence-corrected chi connectivity index (χ0v) is 22.0. The predicted molar refractivity (Wildman–Crippen MR) is 146 cm³/mol. The van der Waals surface area contributed by atoms with Crippen LogP contribution in [0.1, 0.15) is 23.6 Å². The van der Waals surface area contributed by atoms with Crippen LogP contribution in [0.2, 0.25) is 0 Å². The van der Waals surface area contributed by atoms with Crippen molar-refractivity contribution in [1.29, 1.82) is 0 Å². The number of nitrogens with one attached hydrogen (secondary N) is 1. The van der Waals surface area contributed by atoms with E-state index < -0.39 is 11.2 Å². The average Bonchev–Trinajstić information content (AvgIpc) is 3.24. The smallest absolute Gasteiger partial charge is 0.338 e. The summed E-state index contributed by atoms with van der Waals surface area (Å²) in [6.45, 7) is 2.01. The quantitative estimate of drug-likeness (QED) is 0.207. The largest absolute Gasteiger partial charge is 0.493 e. The van der Waals surface area contributed by atoms with Gasteiger partial charge in [0.05, 0.1) is 31.6 Å². The standard InChI is InChI=1S/C29H27NO7S/c1-4-36-28(32)23(15-19-7-14-24(34-2)25(16-19)35-3)20-8-12-22(13-9-20)37-21-10-5-18(6-11-21)17-26-27(31)30-29(33)38-26/h5-16,26H,4,17H2,1-3H3,(H,30,31,33)/b23-15+. The lowest BCUT2D eigenvalue weighted by atomic mass is 10.0. The number of methoxy groups -OCH3 is 2. The van der Waals surface area contributed by atoms with Crippen LogP contribution in [0, 0.1) is 0 Å². The minimum atomic E-state index is -0.442. The Balaban J connectivity index is 1.49. The van der Waals surface area contributed by atoms with Gasteiger partial charge in [0.15, 0.2) is 11.5 Å². The van der Waals surface area contributed by atoms with E-state index in [1.54, 1.807) is 63.6 Å². The highest BCUT2D eigenvalue weighted by Gasteiger charge is 2.31. The molecule has 0 bridgehead atoms. The molecule has 0 aliphatic carbocycles. The zero-order chi connectivity index (χ0) is 27.1. The van der Waals surface area contributed by atoms with Crippen LogP contribution in [0.15, 0.2) is 66.7 Å². The van der Waals surface area contributed by atoms with Crippen molar-refractivity contribution in [2.45, 2.75) is 18.6 Å². The molecule has 0 spiro atoms. The average molecular weight is 534 g/mol. The Hall–Kier alpha value is -4.24. The third kappa shape index (κ3) is 6.54. The molecule has 1 fully saturated rings. The fourth-order valence-corrected chi connectivity index (χ4v) is 4.71. The lowest BCUT2D eigenvalue weighted by Crippen LogP contribution is -2.25. The molecule has 9 heteroatoms. The van der Waals surface area contributed by atoms with Gasteiger partial charge in [-0.2, -0.15) is 0 Å². The second-order valence-electron chi connectivity index (χ2n) is 8.25. The molecule has 1 atom stereocenters. The van der Waals surface area contributed by atoms with Gasteiger partial charge in [0.2, 0.25) is 5.91 Å². The third-order valence-electron chi connectivity index (χ3n) is 5.73. The summed E-state index contributed by atoms with van der Waals surface area (Å²) in [4.78, 5) is 35.9. The monoisotopic (exact) mass is 533 g/mol. The van der Waals surface area contributed by atoms with Gasteiger partial charge in [-0.3, -0.25) is 14.9 Å². The highest BCUT2D eigenvalue weighted by molar-refractivity contribution is 8.15. The van der Waals surface area contributed by atoms with Gasteiger partial charge < -0.3 is 18.9 Å². The summed E-state index contributed by atoms with van der Waals surface area (Å²) in [6, 6.07) is 19.9. The highest BCUT2D eigenvalue weighted by Crippen LogP contribution is 2.31. The number of carbonyl (C=O) groups is 3. The first-order valence-electron chi connectivity index (χ1n) is 11.9. The van der Waals surface area contributed by atoms with Crippen LogP contribution in [0.5, 0.6) is 23.0 Å². The SMILES string of the molecule is CCOC(=O)/C(=C/c1ccc(OC)c(OC)c1)c1ccc(Oc2ccc(CC3SC(=O)NC3=O)cc2)cc1. The van der Waals surface area contributed by atoms with E-state index in [9.17, 15) is 14.4 Å². The van der Waals surface area contributed by atoms with Gasteiger partial charge in [-0.05, 0) is 72.5 Å². The second kappa shape index (κ2) is 12.3. The fraction of sp³-hybridized carbons (Fsp3) is 0.207. The summed E-state index contributed by atoms with van der Waals surface area (Å²) < 4.78 is 21.9. The maximum atomic E-state index is 12.8. The minimum Gasteiger partial charge on any atom is -0.493 e. The number of rotatable bonds is 10. The van der Waals surface area contributed by atoms with Crippen molar-refractivity contribution in [2.24, 2.45) is 0 Å². The van der Waals surface area contributed by atoms with Gasteiger partial charge in [0.25, 0.3) is 5.24 Å². The number of ether oxygens (including phenoxy) is 4. The predicted octanol–water partition coefficient (Wildman–Crippen LogP) is 5.49. The van der Waals surface area contributed by atoms with Gasteiger partial charge in [0, 0.05) is 0 Å². The van der Waals surface area contributed by atoms with Gasteiger partial charge in [-0.25, -0.2) is 4.79 Å². The molecule has 1 saturated heterocycles. The Morgan fingerprint density at radius 2 is 1.58 bits per heavy atom. The number of imide groups is 1. The molecule has 3 aromatic carbocycles. The molecule has 1 aliphatic rings. The molecule has 0 aromatic heterocycles. The van der Waals surface area contributed by atoms with Gasteiger partial charge in [-0.15, -0.1) is 0 Å². The summed E-state index contributed by atoms with van der Waals surface area (Å²) in [5.41, 5.74) is 2.74. The first kappa shape index (κ1) is 26.8. The molecule has 0 radical (unpaired) electrons. The van der Waals surface area contributed by atoms with Crippen LogP contribution in [0.25, 0.3) is 11.6 Å². The number of hydrogen-bond donors (Lipinski definition) is 1. The molecule has 4 rings (SSSR count). The van der Waals surface area contributed by atoms with Crippen LogP contribution in [-0.4, -0.2) is 43.2 Å². The number of benzene rings is 3. The van der Waals surface area contributed by atoms with E-state index in [1.807, 2.05) is 30.3 Å². The van der Waals surface area contributed by atoms with E-state index in [2.05, 4.69) is 5.32 Å². The molecule has 8 nitrogen and oxygen atoms in total. The van der Waals surface area contributed by atoms with Crippen LogP contribution >= 0.6 is 11.8 Å². The lowest BCUT2D eigenvalue weighted by Gasteiger charge is -2.11. The van der Waals surface area contributed by atoms with Crippen LogP contribution < -0.4 is 19.5 Å². The topological polar surface area (TPSA) is 100 Å². The Morgan fingerprint density at radius 3 is 2.16 bits per heavy atom. The Bertz CT molecular complexity index is 1350. The van der Waals surface area contributed by atoms with Gasteiger partial charge in [-0.1, -0.05) is 42.1 Å². The summed E-state index contributed by atoms with van der Waals surface area (Å²) >= 11 is 1.01. The number of esters is 1. The molecule has 1 N–H and O–H groups in total. The van der Waals surface area contributed by atoms with Crippen LogP contribution in [0.4, 0.5) is 4.79 Å². The van der Waals surface area contributed by atoms with E-state index in [4.69, 9.17) is 18.9 Å². The molecule has 1 aliphatic heterocycles. The number of thioether (sulfide) groups is 1. The van der Waals surface area contributed by atoms with Crippen molar-refractivity contribution in [2.75, 3.05) is 20.8 Å². The second-order valence-corrected chi connectivity index (χ2v) is 9.43. The maximum absolute atomic E-state index is 12.8. The van der Waals surface area contributed by atoms with Crippen LogP contribution in [-0.2, 0) is 20.7 Å². The molecular formula is C29H27NO7S. The Labute approximate surface area is 224 Å². The third-order valence-corrected chi connectivity index (χ3v) is 6.71. The molecule has 1 unspecified atom stereocenters. The number of hydrogen-bond acceptors (Lipinski definition) is 8. The van der Waals surface area contributed by atoms with Gasteiger partial charge >= 0.3 is 5.97 Å². The van der Waals surface area contributed by atoms with Crippen molar-refractivity contribution in [3.8, 4) is 23.0 Å². The van der Waals surface area contributed by atoms with Crippen molar-refractivity contribution in [3.63, 3.8) is 0 Å². The van der Waals surface area contributed by atoms with Crippen LogP contribution in [0.3, 0.4) is 0 Å². The van der Waals surface area contributed by atoms with Crippen molar-refractivity contribution in [1.82, 2.24) is 5.32 Å². The van der Waals surface area contributed by atoms with Crippen molar-refractivity contribution < 1.29 is 33.3 Å². The van der Waals surface area contributed by atoms with Crippen molar-refractivity contribution in [3.05, 3.63) is 83.4 Å². The Kier molecular flexibility index (Phi) is 8.70. The zero-order valence-electron chi connectivity index (χ0n) is 21.2. The molecule has 1 heterocycles. The molecule has 2 amide bonds. The summed E-state index contributed by atoms with van der Waals surface area (Å²) in [5.74, 6) is 1.65. The molecule has 196 valence electrons. The maximum Gasteiger partial charge on any atom is 0.338 e. The Morgan fingerprint density at radius 1 is 0.921 bits per heavy atom. The lowest BCUT2D eigenvalue weighted by molar-refractivity contribution is -0.136. The number of amides is 2. The van der Waals surface area contributed by atoms with E-state index in [1.165, 1.54) is 0 Å². The summed E-state index contributed by atoms with van der Waals surface area (Å²) in [6.07, 6.45) is 2.20. The first-order chi connectivity index (χ1) is 18.4. The molecular weight excluding hydrogens is 506 g/mol. The fourth-order valence-electron chi connectivity index (χ4n) is 3.85. The summed E-state index contributed by atoms with van der Waals surface area (Å²) in [5, 5.41) is 1.57. The van der Waals surface area contributed by atoms with E-state index in [0.717, 1.165) is 22.9 Å². The molecule has 0 saturated carbocycles. The van der Waals surface area contributed by atoms with E-state index in [-0.39, 0.29) is 17.8 Å². The molecule has 3 aromatic rings. The number of carbonyl (C=O) groups excluding carboxylic acids is 3. The minimum absolute atomic E-state index is 0.250. The highest BCUT2D eigenvalue weighted by atomic mass is 32.2. The van der Waals surface area contributed by atoms with E-state index in [0.29, 0.717) is 40.6 Å². The summed E-state index contributed by atoms with van der Waals surface area (Å²) in [7, 11) is 3.12. The normalized spacial score (nSPS) is 15.1. The first-order valence-corrected chi connectivity index (χ1v) is 12.8. The van der Waals surface area contributed by atoms with Crippen molar-refractivity contribution >= 4 is 40.5 Å². The van der Waals surface area contributed by atoms with Gasteiger partial charge in [0.1, 0.15) is 11.5 Å².